The standard InChI is InChI=1S/C27H27N3O3/c1-18-6-5-8-21(16-18)24-9-4-3-7-22(24)17-25-26(32)28-14-15-30(25)27(33)20-10-12-23(13-11-20)29-19(2)31/h3-13,16,25H,14-15,17H2,1-2H3,(H,28,32)(H,29,31)/t25-/m0/s1. The molecule has 3 amide bonds. The zero-order valence-electron chi connectivity index (χ0n) is 18.8. The van der Waals surface area contributed by atoms with Gasteiger partial charge in [-0.3, -0.25) is 14.4 Å². The Morgan fingerprint density at radius 3 is 2.52 bits per heavy atom. The van der Waals surface area contributed by atoms with Crippen LogP contribution in [-0.4, -0.2) is 41.8 Å². The van der Waals surface area contributed by atoms with Gasteiger partial charge in [-0.05, 0) is 47.9 Å². The Labute approximate surface area is 193 Å². The van der Waals surface area contributed by atoms with Gasteiger partial charge in [0, 0.05) is 37.7 Å². The molecule has 1 heterocycles. The number of nitrogens with zero attached hydrogens (tertiary/aromatic N) is 1. The summed E-state index contributed by atoms with van der Waals surface area (Å²) in [5.74, 6) is -0.519. The highest BCUT2D eigenvalue weighted by Gasteiger charge is 2.34. The van der Waals surface area contributed by atoms with E-state index in [0.717, 1.165) is 22.3 Å². The Balaban J connectivity index is 1.61. The lowest BCUT2D eigenvalue weighted by Gasteiger charge is -2.35. The molecule has 3 aromatic carbocycles. The molecule has 0 saturated carbocycles. The predicted octanol–water partition coefficient (Wildman–Crippen LogP) is 3.80. The second kappa shape index (κ2) is 9.69. The maximum atomic E-state index is 13.3. The van der Waals surface area contributed by atoms with E-state index in [-0.39, 0.29) is 17.7 Å². The molecule has 3 aromatic rings. The van der Waals surface area contributed by atoms with Crippen LogP contribution in [0.3, 0.4) is 0 Å². The Kier molecular flexibility index (Phi) is 6.54. The minimum absolute atomic E-state index is 0.150. The fraction of sp³-hybridized carbons (Fsp3) is 0.222. The van der Waals surface area contributed by atoms with Gasteiger partial charge in [-0.1, -0.05) is 54.1 Å². The van der Waals surface area contributed by atoms with Crippen LogP contribution in [0.25, 0.3) is 11.1 Å². The molecule has 168 valence electrons. The van der Waals surface area contributed by atoms with E-state index in [1.807, 2.05) is 24.3 Å². The summed E-state index contributed by atoms with van der Waals surface area (Å²) >= 11 is 0. The maximum absolute atomic E-state index is 13.3. The van der Waals surface area contributed by atoms with Crippen LogP contribution in [0.15, 0.2) is 72.8 Å². The molecule has 2 N–H and O–H groups in total. The minimum Gasteiger partial charge on any atom is -0.353 e. The maximum Gasteiger partial charge on any atom is 0.254 e. The molecule has 0 bridgehead atoms. The second-order valence-corrected chi connectivity index (χ2v) is 8.29. The Morgan fingerprint density at radius 2 is 1.79 bits per heavy atom. The summed E-state index contributed by atoms with van der Waals surface area (Å²) in [6, 6.07) is 22.4. The van der Waals surface area contributed by atoms with Gasteiger partial charge >= 0.3 is 0 Å². The van der Waals surface area contributed by atoms with E-state index < -0.39 is 6.04 Å². The number of aryl methyl sites for hydroxylation is 1. The molecule has 33 heavy (non-hydrogen) atoms. The normalized spacial score (nSPS) is 15.6. The van der Waals surface area contributed by atoms with Crippen LogP contribution in [-0.2, 0) is 16.0 Å². The zero-order valence-corrected chi connectivity index (χ0v) is 18.8. The van der Waals surface area contributed by atoms with Crippen LogP contribution in [0, 0.1) is 6.92 Å². The largest absolute Gasteiger partial charge is 0.353 e. The van der Waals surface area contributed by atoms with E-state index in [9.17, 15) is 14.4 Å². The smallest absolute Gasteiger partial charge is 0.254 e. The van der Waals surface area contributed by atoms with Crippen LogP contribution in [0.5, 0.6) is 0 Å². The molecular weight excluding hydrogens is 414 g/mol. The summed E-state index contributed by atoms with van der Waals surface area (Å²) in [4.78, 5) is 39.1. The van der Waals surface area contributed by atoms with Gasteiger partial charge in [-0.2, -0.15) is 0 Å². The predicted molar refractivity (Wildman–Crippen MR) is 129 cm³/mol. The Hall–Kier alpha value is -3.93. The second-order valence-electron chi connectivity index (χ2n) is 8.29. The van der Waals surface area contributed by atoms with Crippen molar-refractivity contribution >= 4 is 23.4 Å². The number of hydrogen-bond donors (Lipinski definition) is 2. The van der Waals surface area contributed by atoms with E-state index in [4.69, 9.17) is 0 Å². The third-order valence-electron chi connectivity index (χ3n) is 5.80. The topological polar surface area (TPSA) is 78.5 Å². The summed E-state index contributed by atoms with van der Waals surface area (Å²) in [6.45, 7) is 4.35. The summed E-state index contributed by atoms with van der Waals surface area (Å²) in [7, 11) is 0. The third kappa shape index (κ3) is 5.12. The highest BCUT2D eigenvalue weighted by Crippen LogP contribution is 2.27. The number of carbonyl (C=O) groups excluding carboxylic acids is 3. The SMILES string of the molecule is CC(=O)Nc1ccc(C(=O)N2CCNC(=O)[C@@H]2Cc2ccccc2-c2cccc(C)c2)cc1. The number of rotatable bonds is 5. The van der Waals surface area contributed by atoms with Gasteiger partial charge in [0.1, 0.15) is 6.04 Å². The molecule has 6 nitrogen and oxygen atoms in total. The number of amides is 3. The summed E-state index contributed by atoms with van der Waals surface area (Å²) in [5, 5.41) is 5.60. The van der Waals surface area contributed by atoms with Crippen molar-refractivity contribution in [2.45, 2.75) is 26.3 Å². The molecule has 1 atom stereocenters. The monoisotopic (exact) mass is 441 g/mol. The van der Waals surface area contributed by atoms with Crippen LogP contribution >= 0.6 is 0 Å². The fourth-order valence-corrected chi connectivity index (χ4v) is 4.23. The summed E-state index contributed by atoms with van der Waals surface area (Å²) < 4.78 is 0. The van der Waals surface area contributed by atoms with Gasteiger partial charge in [-0.25, -0.2) is 0 Å². The lowest BCUT2D eigenvalue weighted by molar-refractivity contribution is -0.127. The zero-order chi connectivity index (χ0) is 23.4. The molecule has 1 aliphatic heterocycles. The van der Waals surface area contributed by atoms with Crippen molar-refractivity contribution in [3.05, 3.63) is 89.5 Å². The van der Waals surface area contributed by atoms with Gasteiger partial charge in [-0.15, -0.1) is 0 Å². The van der Waals surface area contributed by atoms with Gasteiger partial charge < -0.3 is 15.5 Å². The van der Waals surface area contributed by atoms with E-state index in [2.05, 4.69) is 41.8 Å². The van der Waals surface area contributed by atoms with Gasteiger partial charge in [0.2, 0.25) is 11.8 Å². The quantitative estimate of drug-likeness (QED) is 0.632. The van der Waals surface area contributed by atoms with E-state index in [1.54, 1.807) is 29.2 Å². The lowest BCUT2D eigenvalue weighted by Crippen LogP contribution is -2.58. The fourth-order valence-electron chi connectivity index (χ4n) is 4.23. The minimum atomic E-state index is -0.604. The van der Waals surface area contributed by atoms with Gasteiger partial charge in [0.25, 0.3) is 5.91 Å². The Bertz CT molecular complexity index is 1190. The van der Waals surface area contributed by atoms with Crippen molar-refractivity contribution in [1.82, 2.24) is 10.2 Å². The molecule has 0 unspecified atom stereocenters. The molecule has 0 aromatic heterocycles. The van der Waals surface area contributed by atoms with Crippen molar-refractivity contribution in [2.75, 3.05) is 18.4 Å². The Morgan fingerprint density at radius 1 is 1.03 bits per heavy atom. The third-order valence-corrected chi connectivity index (χ3v) is 5.80. The van der Waals surface area contributed by atoms with E-state index in [1.165, 1.54) is 6.92 Å². The van der Waals surface area contributed by atoms with E-state index in [0.29, 0.717) is 30.8 Å². The number of carbonyl (C=O) groups is 3. The van der Waals surface area contributed by atoms with Crippen molar-refractivity contribution < 1.29 is 14.4 Å². The van der Waals surface area contributed by atoms with Gasteiger partial charge in [0.15, 0.2) is 0 Å². The molecule has 1 aliphatic rings. The van der Waals surface area contributed by atoms with E-state index >= 15 is 0 Å². The molecule has 0 radical (unpaired) electrons. The van der Waals surface area contributed by atoms with Crippen molar-refractivity contribution in [3.63, 3.8) is 0 Å². The number of piperazine rings is 1. The molecule has 1 fully saturated rings. The van der Waals surface area contributed by atoms with Crippen molar-refractivity contribution in [3.8, 4) is 11.1 Å². The summed E-state index contributed by atoms with van der Waals surface area (Å²) in [5.41, 5.74) is 5.44. The first-order valence-electron chi connectivity index (χ1n) is 11.0. The highest BCUT2D eigenvalue weighted by molar-refractivity contribution is 5.99. The number of anilines is 1. The first kappa shape index (κ1) is 22.3. The van der Waals surface area contributed by atoms with Crippen LogP contribution in [0.1, 0.15) is 28.4 Å². The molecular formula is C27H27N3O3. The van der Waals surface area contributed by atoms with Crippen LogP contribution in [0.4, 0.5) is 5.69 Å². The van der Waals surface area contributed by atoms with Gasteiger partial charge in [0.05, 0.1) is 0 Å². The van der Waals surface area contributed by atoms with Crippen molar-refractivity contribution in [1.29, 1.82) is 0 Å². The molecule has 4 rings (SSSR count). The first-order chi connectivity index (χ1) is 15.9. The number of nitrogens with one attached hydrogen (secondary N) is 2. The van der Waals surface area contributed by atoms with Crippen LogP contribution in [0.2, 0.25) is 0 Å². The molecule has 6 heteroatoms. The first-order valence-corrected chi connectivity index (χ1v) is 11.0. The average molecular weight is 442 g/mol. The van der Waals surface area contributed by atoms with Crippen molar-refractivity contribution in [2.24, 2.45) is 0 Å². The molecule has 0 spiro atoms. The highest BCUT2D eigenvalue weighted by atomic mass is 16.2. The summed E-state index contributed by atoms with van der Waals surface area (Å²) in [6.07, 6.45) is 0.422. The number of hydrogen-bond acceptors (Lipinski definition) is 3. The number of benzene rings is 3. The molecule has 0 aliphatic carbocycles. The van der Waals surface area contributed by atoms with Crippen LogP contribution < -0.4 is 10.6 Å². The lowest BCUT2D eigenvalue weighted by atomic mass is 9.93. The molecule has 1 saturated heterocycles. The average Bonchev–Trinajstić information content (AvgIpc) is 2.80.